The molecule has 0 aromatic rings. The van der Waals surface area contributed by atoms with Crippen LogP contribution in [0.15, 0.2) is 24.8 Å². The maximum Gasteiger partial charge on any atom is 0.353 e. The van der Waals surface area contributed by atoms with Crippen LogP contribution in [0.25, 0.3) is 0 Å². The Morgan fingerprint density at radius 2 is 1.57 bits per heavy atom. The van der Waals surface area contributed by atoms with Crippen LogP contribution in [0.3, 0.4) is 0 Å². The van der Waals surface area contributed by atoms with Crippen LogP contribution in [-0.2, 0) is 33.4 Å². The third kappa shape index (κ3) is 17.6. The van der Waals surface area contributed by atoms with E-state index in [0.717, 1.165) is 6.08 Å². The van der Waals surface area contributed by atoms with Gasteiger partial charge in [-0.1, -0.05) is 13.2 Å². The van der Waals surface area contributed by atoms with E-state index in [9.17, 15) is 24.0 Å². The molecule has 0 aromatic carbocycles. The second-order valence-electron chi connectivity index (χ2n) is 5.19. The van der Waals surface area contributed by atoms with E-state index in [1.165, 1.54) is 6.92 Å². The molecule has 0 aliphatic rings. The molecule has 11 nitrogen and oxygen atoms in total. The first-order valence-electron chi connectivity index (χ1n) is 8.05. The number of nitrogens with one attached hydrogen (secondary N) is 1. The topological polar surface area (TPSA) is 177 Å². The molecule has 0 saturated carbocycles. The number of aliphatic carboxylic acids is 2. The Morgan fingerprint density at radius 3 is 2.04 bits per heavy atom. The van der Waals surface area contributed by atoms with Gasteiger partial charge in [0.15, 0.2) is 0 Å². The van der Waals surface area contributed by atoms with Crippen LogP contribution in [0.5, 0.6) is 0 Å². The summed E-state index contributed by atoms with van der Waals surface area (Å²) in [5.41, 5.74) is 0.287. The molecule has 0 radical (unpaired) electrons. The number of hydrogen-bond donors (Lipinski definition) is 4. The summed E-state index contributed by atoms with van der Waals surface area (Å²) >= 11 is 0. The lowest BCUT2D eigenvalue weighted by Gasteiger charge is -2.05. The van der Waals surface area contributed by atoms with Crippen molar-refractivity contribution in [3.63, 3.8) is 0 Å². The van der Waals surface area contributed by atoms with Crippen LogP contribution in [0, 0.1) is 0 Å². The maximum absolute atomic E-state index is 11.1. The number of esters is 2. The van der Waals surface area contributed by atoms with Crippen molar-refractivity contribution >= 4 is 29.8 Å². The van der Waals surface area contributed by atoms with Gasteiger partial charge in [0.25, 0.3) is 0 Å². The van der Waals surface area contributed by atoms with E-state index in [-0.39, 0.29) is 31.6 Å². The van der Waals surface area contributed by atoms with Gasteiger partial charge in [0.05, 0.1) is 0 Å². The lowest BCUT2D eigenvalue weighted by atomic mass is 10.2. The van der Waals surface area contributed by atoms with Crippen molar-refractivity contribution in [3.8, 4) is 0 Å². The van der Waals surface area contributed by atoms with Crippen LogP contribution >= 0.6 is 0 Å². The summed E-state index contributed by atoms with van der Waals surface area (Å²) in [6.07, 6.45) is 0.133. The molecule has 0 heterocycles. The van der Waals surface area contributed by atoms with E-state index in [1.807, 2.05) is 0 Å². The van der Waals surface area contributed by atoms with Gasteiger partial charge in [0.2, 0.25) is 12.1 Å². The van der Waals surface area contributed by atoms with Gasteiger partial charge < -0.3 is 30.1 Å². The van der Waals surface area contributed by atoms with Crippen molar-refractivity contribution in [2.45, 2.75) is 38.8 Å². The van der Waals surface area contributed by atoms with E-state index in [2.05, 4.69) is 13.2 Å². The summed E-state index contributed by atoms with van der Waals surface area (Å²) in [4.78, 5) is 52.4. The first-order chi connectivity index (χ1) is 13.0. The zero-order chi connectivity index (χ0) is 22.1. The van der Waals surface area contributed by atoms with Crippen molar-refractivity contribution in [2.75, 3.05) is 13.2 Å². The molecule has 28 heavy (non-hydrogen) atoms. The van der Waals surface area contributed by atoms with Crippen molar-refractivity contribution in [1.29, 1.82) is 0 Å². The van der Waals surface area contributed by atoms with Crippen LogP contribution in [0.1, 0.15) is 32.6 Å². The van der Waals surface area contributed by atoms with Crippen LogP contribution in [0.2, 0.25) is 0 Å². The number of amides is 1. The van der Waals surface area contributed by atoms with Crippen molar-refractivity contribution in [1.82, 2.24) is 5.32 Å². The molecule has 4 N–H and O–H groups in total. The molecular weight excluding hydrogens is 378 g/mol. The summed E-state index contributed by atoms with van der Waals surface area (Å²) in [6, 6.07) is 0. The van der Waals surface area contributed by atoms with Crippen LogP contribution in [0.4, 0.5) is 0 Å². The molecule has 1 amide bonds. The number of rotatable bonds is 12. The lowest BCUT2D eigenvalue weighted by molar-refractivity contribution is -0.150. The highest BCUT2D eigenvalue weighted by Crippen LogP contribution is 2.01. The number of aliphatic hydroxyl groups is 1. The highest BCUT2D eigenvalue weighted by molar-refractivity contribution is 5.90. The SMILES string of the molecule is C=C(C)C(=O)OCCOC(=O)CCCCC(=O)O.C=CC(=O)NC(O)C(=O)O. The molecule has 1 unspecified atom stereocenters. The Bertz CT molecular complexity index is 584. The Balaban J connectivity index is 0. The minimum absolute atomic E-state index is 0.00319. The second kappa shape index (κ2) is 16.0. The maximum atomic E-state index is 11.1. The number of hydrogen-bond acceptors (Lipinski definition) is 8. The number of carboxylic acid groups (broad SMARTS) is 2. The highest BCUT2D eigenvalue weighted by atomic mass is 16.6. The average molecular weight is 403 g/mol. The summed E-state index contributed by atoms with van der Waals surface area (Å²) in [6.45, 7) is 7.97. The minimum Gasteiger partial charge on any atom is -0.481 e. The summed E-state index contributed by atoms with van der Waals surface area (Å²) < 4.78 is 9.50. The number of carbonyl (C=O) groups is 5. The Kier molecular flexibility index (Phi) is 15.4. The standard InChI is InChI=1S/C12H18O6.C5H7NO4/c1-9(2)12(16)18-8-7-17-11(15)6-4-3-5-10(13)14;1-2-3(7)6-4(8)5(9)10/h1,3-8H2,2H3,(H,13,14);2,4,8H,1H2,(H,6,7)(H,9,10). The van der Waals surface area contributed by atoms with E-state index in [1.54, 1.807) is 5.32 Å². The summed E-state index contributed by atoms with van der Waals surface area (Å²) in [5, 5.41) is 26.6. The number of carbonyl (C=O) groups excluding carboxylic acids is 3. The Hall–Kier alpha value is -3.21. The molecular formula is C17H25NO10. The molecule has 11 heteroatoms. The Morgan fingerprint density at radius 1 is 1.04 bits per heavy atom. The molecule has 0 spiro atoms. The fraction of sp³-hybridized carbons (Fsp3) is 0.471. The Labute approximate surface area is 161 Å². The van der Waals surface area contributed by atoms with Gasteiger partial charge in [-0.15, -0.1) is 0 Å². The smallest absolute Gasteiger partial charge is 0.353 e. The van der Waals surface area contributed by atoms with E-state index in [4.69, 9.17) is 24.8 Å². The van der Waals surface area contributed by atoms with Gasteiger partial charge in [-0.05, 0) is 25.8 Å². The van der Waals surface area contributed by atoms with E-state index in [0.29, 0.717) is 12.8 Å². The second-order valence-corrected chi connectivity index (χ2v) is 5.19. The van der Waals surface area contributed by atoms with Crippen LogP contribution < -0.4 is 5.32 Å². The normalized spacial score (nSPS) is 10.4. The molecule has 0 rings (SSSR count). The predicted octanol–water partition coefficient (Wildman–Crippen LogP) is -0.0145. The largest absolute Gasteiger partial charge is 0.481 e. The molecule has 0 saturated heterocycles. The zero-order valence-electron chi connectivity index (χ0n) is 15.5. The van der Waals surface area contributed by atoms with Gasteiger partial charge in [-0.25, -0.2) is 9.59 Å². The lowest BCUT2D eigenvalue weighted by Crippen LogP contribution is -2.39. The van der Waals surface area contributed by atoms with Gasteiger partial charge in [-0.3, -0.25) is 14.4 Å². The van der Waals surface area contributed by atoms with E-state index >= 15 is 0 Å². The molecule has 0 bridgehead atoms. The van der Waals surface area contributed by atoms with Crippen molar-refractivity contribution in [2.24, 2.45) is 0 Å². The summed E-state index contributed by atoms with van der Waals surface area (Å²) in [7, 11) is 0. The monoisotopic (exact) mass is 403 g/mol. The number of ether oxygens (including phenoxy) is 2. The minimum atomic E-state index is -1.86. The van der Waals surface area contributed by atoms with E-state index < -0.39 is 36.0 Å². The van der Waals surface area contributed by atoms with Gasteiger partial charge in [0, 0.05) is 18.4 Å². The number of aliphatic hydroxyl groups excluding tert-OH is 1. The number of unbranched alkanes of at least 4 members (excludes halogenated alkanes) is 1. The molecule has 0 fully saturated rings. The zero-order valence-corrected chi connectivity index (χ0v) is 15.5. The first kappa shape index (κ1) is 27.0. The van der Waals surface area contributed by atoms with Crippen molar-refractivity contribution < 1.29 is 48.8 Å². The first-order valence-corrected chi connectivity index (χ1v) is 8.05. The molecule has 158 valence electrons. The molecule has 0 aliphatic carbocycles. The number of carboxylic acids is 2. The fourth-order valence-electron chi connectivity index (χ4n) is 1.29. The third-order valence-electron chi connectivity index (χ3n) is 2.65. The average Bonchev–Trinajstić information content (AvgIpc) is 2.62. The molecule has 1 atom stereocenters. The third-order valence-corrected chi connectivity index (χ3v) is 2.65. The molecule has 0 aliphatic heterocycles. The fourth-order valence-corrected chi connectivity index (χ4v) is 1.29. The quantitative estimate of drug-likeness (QED) is 0.150. The van der Waals surface area contributed by atoms with Gasteiger partial charge in [-0.2, -0.15) is 0 Å². The van der Waals surface area contributed by atoms with Crippen LogP contribution in [-0.4, -0.2) is 64.5 Å². The van der Waals surface area contributed by atoms with Gasteiger partial charge in [0.1, 0.15) is 13.2 Å². The van der Waals surface area contributed by atoms with Crippen molar-refractivity contribution in [3.05, 3.63) is 24.8 Å². The van der Waals surface area contributed by atoms with Gasteiger partial charge >= 0.3 is 23.9 Å². The highest BCUT2D eigenvalue weighted by Gasteiger charge is 2.13. The predicted molar refractivity (Wildman–Crippen MR) is 94.8 cm³/mol. The molecule has 0 aromatic heterocycles. The summed E-state index contributed by atoms with van der Waals surface area (Å²) in [5.74, 6) is -4.06.